The second kappa shape index (κ2) is 9.27. The van der Waals surface area contributed by atoms with Crippen LogP contribution in [0.15, 0.2) is 78.2 Å². The smallest absolute Gasteiger partial charge is 0.274 e. The molecule has 2 aromatic carbocycles. The van der Waals surface area contributed by atoms with Gasteiger partial charge in [0.25, 0.3) is 5.91 Å². The van der Waals surface area contributed by atoms with Gasteiger partial charge in [-0.1, -0.05) is 47.3 Å². The van der Waals surface area contributed by atoms with Crippen LogP contribution >= 0.6 is 11.8 Å². The Hall–Kier alpha value is -3.59. The molecule has 30 heavy (non-hydrogen) atoms. The fourth-order valence-corrected chi connectivity index (χ4v) is 3.55. The van der Waals surface area contributed by atoms with E-state index >= 15 is 0 Å². The first-order valence-electron chi connectivity index (χ1n) is 9.13. The minimum absolute atomic E-state index is 0.207. The quantitative estimate of drug-likeness (QED) is 0.364. The van der Waals surface area contributed by atoms with Gasteiger partial charge in [-0.3, -0.25) is 4.79 Å². The van der Waals surface area contributed by atoms with Gasteiger partial charge in [0.2, 0.25) is 0 Å². The lowest BCUT2D eigenvalue weighted by molar-refractivity contribution is 0.0945. The van der Waals surface area contributed by atoms with Gasteiger partial charge >= 0.3 is 0 Å². The second-order valence-corrected chi connectivity index (χ2v) is 7.20. The molecule has 7 nitrogen and oxygen atoms in total. The average molecular weight is 420 g/mol. The number of nitrogens with one attached hydrogen (secondary N) is 1. The molecule has 4 aromatic rings. The summed E-state index contributed by atoms with van der Waals surface area (Å²) >= 11 is 1.36. The summed E-state index contributed by atoms with van der Waals surface area (Å²) in [6.07, 6.45) is 3.30. The zero-order valence-electron chi connectivity index (χ0n) is 15.8. The first-order chi connectivity index (χ1) is 14.7. The lowest BCUT2D eigenvalue weighted by Crippen LogP contribution is -2.24. The standard InChI is InChI=1S/C21H17FN6OS/c22-16-7-9-17(10-8-16)28-18(14-30-21-23-11-4-12-24-21)19(26-27-28)20(29)25-13-15-5-2-1-3-6-15/h1-12H,13-14H2,(H,25,29). The van der Waals surface area contributed by atoms with Crippen molar-refractivity contribution >= 4 is 17.7 Å². The number of benzene rings is 2. The highest BCUT2D eigenvalue weighted by molar-refractivity contribution is 7.98. The highest BCUT2D eigenvalue weighted by atomic mass is 32.2. The molecule has 0 atom stereocenters. The number of rotatable bonds is 7. The predicted octanol–water partition coefficient (Wildman–Crippen LogP) is 3.42. The van der Waals surface area contributed by atoms with Crippen molar-refractivity contribution in [1.29, 1.82) is 0 Å². The lowest BCUT2D eigenvalue weighted by Gasteiger charge is -2.08. The van der Waals surface area contributed by atoms with Crippen LogP contribution in [0.1, 0.15) is 21.7 Å². The van der Waals surface area contributed by atoms with E-state index < -0.39 is 0 Å². The molecule has 0 spiro atoms. The summed E-state index contributed by atoms with van der Waals surface area (Å²) in [4.78, 5) is 21.2. The van der Waals surface area contributed by atoms with Gasteiger partial charge in [-0.2, -0.15) is 0 Å². The van der Waals surface area contributed by atoms with E-state index in [0.29, 0.717) is 28.8 Å². The molecule has 0 radical (unpaired) electrons. The van der Waals surface area contributed by atoms with Gasteiger partial charge in [0, 0.05) is 24.7 Å². The number of halogens is 1. The summed E-state index contributed by atoms with van der Waals surface area (Å²) < 4.78 is 14.9. The fraction of sp³-hybridized carbons (Fsp3) is 0.0952. The highest BCUT2D eigenvalue weighted by Crippen LogP contribution is 2.23. The molecule has 9 heteroatoms. The molecule has 0 aliphatic carbocycles. The zero-order valence-corrected chi connectivity index (χ0v) is 16.6. The van der Waals surface area contributed by atoms with Crippen LogP contribution in [0.25, 0.3) is 5.69 Å². The Balaban J connectivity index is 1.60. The third-order valence-electron chi connectivity index (χ3n) is 4.23. The summed E-state index contributed by atoms with van der Waals surface area (Å²) in [6, 6.07) is 17.2. The van der Waals surface area contributed by atoms with E-state index in [1.807, 2.05) is 30.3 Å². The third kappa shape index (κ3) is 4.69. The van der Waals surface area contributed by atoms with Gasteiger partial charge in [0.1, 0.15) is 5.82 Å². The first-order valence-corrected chi connectivity index (χ1v) is 10.1. The van der Waals surface area contributed by atoms with E-state index in [1.54, 1.807) is 30.6 Å². The number of aromatic nitrogens is 5. The molecule has 4 rings (SSSR count). The second-order valence-electron chi connectivity index (χ2n) is 6.26. The first kappa shape index (κ1) is 19.7. The molecule has 0 saturated carbocycles. The normalized spacial score (nSPS) is 10.7. The SMILES string of the molecule is O=C(NCc1ccccc1)c1nnn(-c2ccc(F)cc2)c1CSc1ncccn1. The van der Waals surface area contributed by atoms with Crippen LogP contribution in [0.3, 0.4) is 0 Å². The molecule has 1 N–H and O–H groups in total. The Bertz CT molecular complexity index is 1120. The van der Waals surface area contributed by atoms with Gasteiger partial charge in [0.05, 0.1) is 11.4 Å². The molecular weight excluding hydrogens is 403 g/mol. The van der Waals surface area contributed by atoms with E-state index in [-0.39, 0.29) is 17.4 Å². The van der Waals surface area contributed by atoms with E-state index in [2.05, 4.69) is 25.6 Å². The summed E-state index contributed by atoms with van der Waals surface area (Å²) in [5.74, 6) is -0.326. The third-order valence-corrected chi connectivity index (χ3v) is 5.11. The Labute approximate surface area is 176 Å². The molecule has 150 valence electrons. The van der Waals surface area contributed by atoms with Crippen molar-refractivity contribution in [3.63, 3.8) is 0 Å². The molecule has 0 aliphatic rings. The van der Waals surface area contributed by atoms with E-state index in [1.165, 1.54) is 28.6 Å². The van der Waals surface area contributed by atoms with Gasteiger partial charge in [-0.25, -0.2) is 19.0 Å². The molecular formula is C21H17FN6OS. The number of hydrogen-bond donors (Lipinski definition) is 1. The maximum Gasteiger partial charge on any atom is 0.274 e. The monoisotopic (exact) mass is 420 g/mol. The van der Waals surface area contributed by atoms with E-state index in [0.717, 1.165) is 5.56 Å². The number of amides is 1. The molecule has 0 unspecified atom stereocenters. The van der Waals surface area contributed by atoms with Gasteiger partial charge < -0.3 is 5.32 Å². The van der Waals surface area contributed by atoms with Crippen LogP contribution in [0.2, 0.25) is 0 Å². The van der Waals surface area contributed by atoms with Crippen LogP contribution in [-0.2, 0) is 12.3 Å². The van der Waals surface area contributed by atoms with Crippen molar-refractivity contribution in [2.45, 2.75) is 17.5 Å². The summed E-state index contributed by atoms with van der Waals surface area (Å²) in [5.41, 5.74) is 2.37. The maximum atomic E-state index is 13.3. The molecule has 2 aromatic heterocycles. The number of carbonyl (C=O) groups excluding carboxylic acids is 1. The lowest BCUT2D eigenvalue weighted by atomic mass is 10.2. The predicted molar refractivity (Wildman–Crippen MR) is 111 cm³/mol. The fourth-order valence-electron chi connectivity index (χ4n) is 2.75. The van der Waals surface area contributed by atoms with Crippen molar-refractivity contribution in [3.05, 3.63) is 95.8 Å². The number of thioether (sulfide) groups is 1. The van der Waals surface area contributed by atoms with E-state index in [4.69, 9.17) is 0 Å². The Kier molecular flexibility index (Phi) is 6.09. The van der Waals surface area contributed by atoms with Crippen molar-refractivity contribution < 1.29 is 9.18 Å². The molecule has 0 bridgehead atoms. The average Bonchev–Trinajstić information content (AvgIpc) is 3.22. The van der Waals surface area contributed by atoms with Crippen molar-refractivity contribution in [2.24, 2.45) is 0 Å². The van der Waals surface area contributed by atoms with Crippen LogP contribution in [0, 0.1) is 5.82 Å². The topological polar surface area (TPSA) is 85.6 Å². The number of hydrogen-bond acceptors (Lipinski definition) is 6. The summed E-state index contributed by atoms with van der Waals surface area (Å²) in [7, 11) is 0. The molecule has 0 saturated heterocycles. The van der Waals surface area contributed by atoms with Gasteiger partial charge in [-0.15, -0.1) is 5.10 Å². The molecule has 1 amide bonds. The maximum absolute atomic E-state index is 13.3. The molecule has 2 heterocycles. The summed E-state index contributed by atoms with van der Waals surface area (Å²) in [6.45, 7) is 0.372. The van der Waals surface area contributed by atoms with Crippen LogP contribution in [0.5, 0.6) is 0 Å². The van der Waals surface area contributed by atoms with Crippen molar-refractivity contribution in [1.82, 2.24) is 30.3 Å². The van der Waals surface area contributed by atoms with Gasteiger partial charge in [-0.05, 0) is 35.9 Å². The number of carbonyl (C=O) groups is 1. The Morgan fingerprint density at radius 2 is 1.73 bits per heavy atom. The van der Waals surface area contributed by atoms with Crippen LogP contribution < -0.4 is 5.32 Å². The van der Waals surface area contributed by atoms with Crippen molar-refractivity contribution in [2.75, 3.05) is 0 Å². The van der Waals surface area contributed by atoms with Crippen molar-refractivity contribution in [3.8, 4) is 5.69 Å². The summed E-state index contributed by atoms with van der Waals surface area (Å²) in [5, 5.41) is 11.7. The molecule has 0 aliphatic heterocycles. The minimum Gasteiger partial charge on any atom is -0.347 e. The highest BCUT2D eigenvalue weighted by Gasteiger charge is 2.21. The Morgan fingerprint density at radius 1 is 1.00 bits per heavy atom. The molecule has 0 fully saturated rings. The van der Waals surface area contributed by atoms with Gasteiger partial charge in [0.15, 0.2) is 10.9 Å². The van der Waals surface area contributed by atoms with E-state index in [9.17, 15) is 9.18 Å². The largest absolute Gasteiger partial charge is 0.347 e. The zero-order chi connectivity index (χ0) is 20.8. The van der Waals surface area contributed by atoms with Crippen LogP contribution in [0.4, 0.5) is 4.39 Å². The number of nitrogens with zero attached hydrogens (tertiary/aromatic N) is 5. The van der Waals surface area contributed by atoms with Crippen LogP contribution in [-0.4, -0.2) is 30.9 Å². The Morgan fingerprint density at radius 3 is 2.47 bits per heavy atom. The minimum atomic E-state index is -0.353.